The minimum absolute atomic E-state index is 0.583. The van der Waals surface area contributed by atoms with Crippen LogP contribution in [0.15, 0.2) is 0 Å². The Bertz CT molecular complexity index is 228. The molecule has 0 aliphatic heterocycles. The molecule has 17 heavy (non-hydrogen) atoms. The zero-order chi connectivity index (χ0) is 13.1. The molecule has 4 atom stereocenters. The smallest absolute Gasteiger partial charge is 0.0869 e. The molecule has 0 aromatic carbocycles. The molecule has 1 aliphatic carbocycles. The minimum Gasteiger partial charge on any atom is -0.388 e. The average Bonchev–Trinajstić information content (AvgIpc) is 2.14. The van der Waals surface area contributed by atoms with Crippen molar-refractivity contribution in [2.45, 2.75) is 51.7 Å². The highest BCUT2D eigenvalue weighted by Crippen LogP contribution is 2.28. The highest BCUT2D eigenvalue weighted by Gasteiger charge is 2.28. The zero-order valence-electron chi connectivity index (χ0n) is 12.2. The molecule has 1 saturated carbocycles. The second-order valence-corrected chi connectivity index (χ2v) is 6.62. The number of aliphatic hydroxyl groups is 1. The van der Waals surface area contributed by atoms with E-state index in [0.717, 1.165) is 11.8 Å². The molecule has 102 valence electrons. The summed E-state index contributed by atoms with van der Waals surface area (Å²) < 4.78 is 0. The van der Waals surface area contributed by atoms with Crippen molar-refractivity contribution in [2.24, 2.45) is 11.8 Å². The summed E-state index contributed by atoms with van der Waals surface area (Å²) in [4.78, 5) is 2.04. The van der Waals surface area contributed by atoms with Gasteiger partial charge in [0.05, 0.1) is 5.60 Å². The van der Waals surface area contributed by atoms with Gasteiger partial charge in [-0.2, -0.15) is 0 Å². The van der Waals surface area contributed by atoms with Crippen LogP contribution in [-0.4, -0.2) is 48.8 Å². The van der Waals surface area contributed by atoms with Crippen LogP contribution in [0.25, 0.3) is 0 Å². The highest BCUT2D eigenvalue weighted by molar-refractivity contribution is 4.85. The first kappa shape index (κ1) is 14.9. The molecule has 0 heterocycles. The van der Waals surface area contributed by atoms with E-state index in [1.165, 1.54) is 19.3 Å². The highest BCUT2D eigenvalue weighted by atomic mass is 16.3. The molecule has 0 bridgehead atoms. The molecule has 1 rings (SSSR count). The van der Waals surface area contributed by atoms with Crippen LogP contribution in [0.2, 0.25) is 0 Å². The van der Waals surface area contributed by atoms with Gasteiger partial charge in [-0.05, 0) is 52.1 Å². The maximum atomic E-state index is 10.2. The first-order valence-electron chi connectivity index (χ1n) is 6.90. The van der Waals surface area contributed by atoms with Gasteiger partial charge < -0.3 is 15.3 Å². The number of rotatable bonds is 5. The predicted molar refractivity (Wildman–Crippen MR) is 73.1 cm³/mol. The van der Waals surface area contributed by atoms with E-state index in [-0.39, 0.29) is 0 Å². The summed E-state index contributed by atoms with van der Waals surface area (Å²) in [6.45, 7) is 7.98. The fourth-order valence-corrected chi connectivity index (χ4v) is 3.06. The number of hydrogen-bond acceptors (Lipinski definition) is 3. The third kappa shape index (κ3) is 5.36. The van der Waals surface area contributed by atoms with Gasteiger partial charge in [-0.1, -0.05) is 13.8 Å². The van der Waals surface area contributed by atoms with Crippen molar-refractivity contribution in [2.75, 3.05) is 27.2 Å². The normalized spacial score (nSPS) is 33.7. The van der Waals surface area contributed by atoms with Crippen LogP contribution >= 0.6 is 0 Å². The molecule has 0 amide bonds. The van der Waals surface area contributed by atoms with E-state index in [4.69, 9.17) is 0 Å². The quantitative estimate of drug-likeness (QED) is 0.770. The lowest BCUT2D eigenvalue weighted by Gasteiger charge is -2.36. The van der Waals surface area contributed by atoms with Gasteiger partial charge in [0.25, 0.3) is 0 Å². The largest absolute Gasteiger partial charge is 0.388 e. The summed E-state index contributed by atoms with van der Waals surface area (Å²) in [6, 6.07) is 0.583. The van der Waals surface area contributed by atoms with E-state index in [1.54, 1.807) is 0 Å². The Kier molecular flexibility index (Phi) is 5.42. The second kappa shape index (κ2) is 6.17. The van der Waals surface area contributed by atoms with Gasteiger partial charge in [0.15, 0.2) is 0 Å². The fraction of sp³-hybridized carbons (Fsp3) is 1.00. The SMILES string of the molecule is CC1CCC(NCC(C)(O)CN(C)C)C(C)C1. The first-order chi connectivity index (χ1) is 7.80. The summed E-state index contributed by atoms with van der Waals surface area (Å²) in [6.07, 6.45) is 3.88. The Labute approximate surface area is 107 Å². The lowest BCUT2D eigenvalue weighted by atomic mass is 9.79. The molecule has 0 saturated heterocycles. The van der Waals surface area contributed by atoms with Crippen molar-refractivity contribution in [3.8, 4) is 0 Å². The van der Waals surface area contributed by atoms with Crippen LogP contribution in [0, 0.1) is 11.8 Å². The van der Waals surface area contributed by atoms with Crippen molar-refractivity contribution < 1.29 is 5.11 Å². The molecular formula is C14H30N2O. The Hall–Kier alpha value is -0.120. The molecule has 4 unspecified atom stereocenters. The number of nitrogens with zero attached hydrogens (tertiary/aromatic N) is 1. The summed E-state index contributed by atoms with van der Waals surface area (Å²) >= 11 is 0. The van der Waals surface area contributed by atoms with E-state index in [2.05, 4.69) is 19.2 Å². The van der Waals surface area contributed by atoms with Crippen molar-refractivity contribution in [3.05, 3.63) is 0 Å². The van der Waals surface area contributed by atoms with Crippen molar-refractivity contribution in [1.29, 1.82) is 0 Å². The van der Waals surface area contributed by atoms with E-state index in [9.17, 15) is 5.11 Å². The minimum atomic E-state index is -0.633. The molecule has 1 fully saturated rings. The lowest BCUT2D eigenvalue weighted by Crippen LogP contribution is -2.50. The molecule has 0 aromatic heterocycles. The van der Waals surface area contributed by atoms with Crippen LogP contribution in [0.3, 0.4) is 0 Å². The molecule has 0 spiro atoms. The maximum Gasteiger partial charge on any atom is 0.0869 e. The Morgan fingerprint density at radius 2 is 1.94 bits per heavy atom. The molecule has 0 radical (unpaired) electrons. The van der Waals surface area contributed by atoms with Gasteiger partial charge in [0.2, 0.25) is 0 Å². The Morgan fingerprint density at radius 3 is 2.47 bits per heavy atom. The average molecular weight is 242 g/mol. The van der Waals surface area contributed by atoms with Gasteiger partial charge in [-0.15, -0.1) is 0 Å². The molecule has 3 heteroatoms. The van der Waals surface area contributed by atoms with E-state index < -0.39 is 5.60 Å². The van der Waals surface area contributed by atoms with E-state index in [0.29, 0.717) is 19.1 Å². The molecule has 3 nitrogen and oxygen atoms in total. The van der Waals surface area contributed by atoms with E-state index >= 15 is 0 Å². The van der Waals surface area contributed by atoms with Crippen molar-refractivity contribution in [1.82, 2.24) is 10.2 Å². The topological polar surface area (TPSA) is 35.5 Å². The standard InChI is InChI=1S/C14H30N2O/c1-11-6-7-13(12(2)8-11)15-9-14(3,17)10-16(4)5/h11-13,15,17H,6-10H2,1-5H3. The third-order valence-corrected chi connectivity index (χ3v) is 3.83. The van der Waals surface area contributed by atoms with Crippen LogP contribution in [0.4, 0.5) is 0 Å². The Balaban J connectivity index is 2.34. The van der Waals surface area contributed by atoms with Gasteiger partial charge in [-0.25, -0.2) is 0 Å². The Morgan fingerprint density at radius 1 is 1.29 bits per heavy atom. The fourth-order valence-electron chi connectivity index (χ4n) is 3.06. The van der Waals surface area contributed by atoms with Gasteiger partial charge >= 0.3 is 0 Å². The summed E-state index contributed by atoms with van der Waals surface area (Å²) in [7, 11) is 4.00. The second-order valence-electron chi connectivity index (χ2n) is 6.62. The number of hydrogen-bond donors (Lipinski definition) is 2. The molecule has 1 aliphatic rings. The number of nitrogens with one attached hydrogen (secondary N) is 1. The van der Waals surface area contributed by atoms with Crippen LogP contribution in [-0.2, 0) is 0 Å². The van der Waals surface area contributed by atoms with Crippen molar-refractivity contribution >= 4 is 0 Å². The van der Waals surface area contributed by atoms with Gasteiger partial charge in [-0.3, -0.25) is 0 Å². The third-order valence-electron chi connectivity index (χ3n) is 3.83. The molecule has 2 N–H and O–H groups in total. The predicted octanol–water partition coefficient (Wildman–Crippen LogP) is 1.71. The first-order valence-corrected chi connectivity index (χ1v) is 6.90. The summed E-state index contributed by atoms with van der Waals surface area (Å²) in [5, 5.41) is 13.8. The maximum absolute atomic E-state index is 10.2. The summed E-state index contributed by atoms with van der Waals surface area (Å²) in [5.41, 5.74) is -0.633. The summed E-state index contributed by atoms with van der Waals surface area (Å²) in [5.74, 6) is 1.60. The van der Waals surface area contributed by atoms with Crippen molar-refractivity contribution in [3.63, 3.8) is 0 Å². The molecular weight excluding hydrogens is 212 g/mol. The lowest BCUT2D eigenvalue weighted by molar-refractivity contribution is 0.0273. The van der Waals surface area contributed by atoms with Gasteiger partial charge in [0.1, 0.15) is 0 Å². The molecule has 0 aromatic rings. The van der Waals surface area contributed by atoms with Crippen LogP contribution in [0.5, 0.6) is 0 Å². The van der Waals surface area contributed by atoms with Gasteiger partial charge in [0, 0.05) is 19.1 Å². The van der Waals surface area contributed by atoms with E-state index in [1.807, 2.05) is 25.9 Å². The zero-order valence-corrected chi connectivity index (χ0v) is 12.2. The monoisotopic (exact) mass is 242 g/mol. The van der Waals surface area contributed by atoms with Crippen LogP contribution in [0.1, 0.15) is 40.0 Å². The number of likely N-dealkylation sites (N-methyl/N-ethyl adjacent to an activating group) is 1. The van der Waals surface area contributed by atoms with Crippen LogP contribution < -0.4 is 5.32 Å².